The van der Waals surface area contributed by atoms with Gasteiger partial charge in [-0.3, -0.25) is 0 Å². The van der Waals surface area contributed by atoms with Gasteiger partial charge in [0, 0.05) is 25.0 Å². The van der Waals surface area contributed by atoms with Crippen LogP contribution in [0.2, 0.25) is 0 Å². The molecular formula is C10H19N3. The maximum absolute atomic E-state index is 4.34. The molecule has 1 atom stereocenters. The SMILES string of the molecule is CCn1ccnc1[C@H](C)NC(C)C. The van der Waals surface area contributed by atoms with Crippen LogP contribution in [-0.4, -0.2) is 15.6 Å². The summed E-state index contributed by atoms with van der Waals surface area (Å²) in [5.74, 6) is 1.12. The predicted octanol–water partition coefficient (Wildman–Crippen LogP) is 1.96. The molecule has 1 N–H and O–H groups in total. The smallest absolute Gasteiger partial charge is 0.125 e. The van der Waals surface area contributed by atoms with Gasteiger partial charge in [-0.05, 0) is 13.8 Å². The fourth-order valence-corrected chi connectivity index (χ4v) is 1.54. The minimum atomic E-state index is 0.329. The minimum Gasteiger partial charge on any atom is -0.334 e. The number of aryl methyl sites for hydroxylation is 1. The lowest BCUT2D eigenvalue weighted by Gasteiger charge is -2.17. The van der Waals surface area contributed by atoms with Crippen LogP contribution < -0.4 is 5.32 Å². The fourth-order valence-electron chi connectivity index (χ4n) is 1.54. The summed E-state index contributed by atoms with van der Waals surface area (Å²) in [7, 11) is 0. The highest BCUT2D eigenvalue weighted by molar-refractivity contribution is 4.98. The van der Waals surface area contributed by atoms with Crippen molar-refractivity contribution in [1.82, 2.24) is 14.9 Å². The average molecular weight is 181 g/mol. The maximum atomic E-state index is 4.34. The van der Waals surface area contributed by atoms with Gasteiger partial charge in [0.25, 0.3) is 0 Å². The van der Waals surface area contributed by atoms with E-state index in [-0.39, 0.29) is 0 Å². The highest BCUT2D eigenvalue weighted by Gasteiger charge is 2.11. The van der Waals surface area contributed by atoms with Gasteiger partial charge in [0.2, 0.25) is 0 Å². The molecule has 0 radical (unpaired) electrons. The zero-order valence-corrected chi connectivity index (χ0v) is 8.91. The molecule has 0 spiro atoms. The number of aromatic nitrogens is 2. The van der Waals surface area contributed by atoms with Crippen molar-refractivity contribution in [3.63, 3.8) is 0 Å². The Bertz CT molecular complexity index is 252. The van der Waals surface area contributed by atoms with E-state index >= 15 is 0 Å². The summed E-state index contributed by atoms with van der Waals surface area (Å²) >= 11 is 0. The second-order valence-corrected chi connectivity index (χ2v) is 3.61. The first-order chi connectivity index (χ1) is 6.15. The Labute approximate surface area is 80.2 Å². The summed E-state index contributed by atoms with van der Waals surface area (Å²) < 4.78 is 2.17. The molecule has 0 saturated carbocycles. The molecular weight excluding hydrogens is 162 g/mol. The van der Waals surface area contributed by atoms with E-state index in [4.69, 9.17) is 0 Å². The van der Waals surface area contributed by atoms with E-state index in [1.165, 1.54) is 0 Å². The second kappa shape index (κ2) is 4.42. The van der Waals surface area contributed by atoms with E-state index in [0.717, 1.165) is 12.4 Å². The Kier molecular flexibility index (Phi) is 3.48. The molecule has 0 unspecified atom stereocenters. The Hall–Kier alpha value is -0.830. The standard InChI is InChI=1S/C10H19N3/c1-5-13-7-6-11-10(13)9(4)12-8(2)3/h6-9,12H,5H2,1-4H3/t9-/m0/s1. The van der Waals surface area contributed by atoms with Crippen LogP contribution in [0.25, 0.3) is 0 Å². The van der Waals surface area contributed by atoms with Crippen molar-refractivity contribution >= 4 is 0 Å². The number of hydrogen-bond donors (Lipinski definition) is 1. The topological polar surface area (TPSA) is 29.9 Å². The van der Waals surface area contributed by atoms with Crippen molar-refractivity contribution in [2.45, 2.75) is 46.3 Å². The molecule has 0 aliphatic carbocycles. The van der Waals surface area contributed by atoms with E-state index in [1.54, 1.807) is 0 Å². The predicted molar refractivity (Wildman–Crippen MR) is 54.6 cm³/mol. The van der Waals surface area contributed by atoms with Gasteiger partial charge in [-0.25, -0.2) is 4.98 Å². The normalized spacial score (nSPS) is 13.6. The molecule has 1 rings (SSSR count). The summed E-state index contributed by atoms with van der Waals surface area (Å²) in [5.41, 5.74) is 0. The van der Waals surface area contributed by atoms with Crippen LogP contribution in [0.4, 0.5) is 0 Å². The number of nitrogens with zero attached hydrogens (tertiary/aromatic N) is 2. The van der Waals surface area contributed by atoms with Crippen molar-refractivity contribution in [3.8, 4) is 0 Å². The van der Waals surface area contributed by atoms with Gasteiger partial charge in [-0.1, -0.05) is 13.8 Å². The Morgan fingerprint density at radius 2 is 2.15 bits per heavy atom. The van der Waals surface area contributed by atoms with Crippen molar-refractivity contribution in [2.24, 2.45) is 0 Å². The van der Waals surface area contributed by atoms with Crippen LogP contribution in [0.1, 0.15) is 39.6 Å². The number of nitrogens with one attached hydrogen (secondary N) is 1. The van der Waals surface area contributed by atoms with Gasteiger partial charge in [-0.15, -0.1) is 0 Å². The van der Waals surface area contributed by atoms with Crippen molar-refractivity contribution in [1.29, 1.82) is 0 Å². The lowest BCUT2D eigenvalue weighted by Crippen LogP contribution is -2.28. The van der Waals surface area contributed by atoms with E-state index in [1.807, 2.05) is 12.4 Å². The first-order valence-electron chi connectivity index (χ1n) is 4.92. The largest absolute Gasteiger partial charge is 0.334 e. The summed E-state index contributed by atoms with van der Waals surface area (Å²) in [4.78, 5) is 4.34. The molecule has 0 bridgehead atoms. The molecule has 1 aromatic rings. The third-order valence-electron chi connectivity index (χ3n) is 2.06. The summed E-state index contributed by atoms with van der Waals surface area (Å²) in [6, 6.07) is 0.826. The number of hydrogen-bond acceptors (Lipinski definition) is 2. The number of imidazole rings is 1. The highest BCUT2D eigenvalue weighted by Crippen LogP contribution is 2.10. The highest BCUT2D eigenvalue weighted by atomic mass is 15.1. The molecule has 1 heterocycles. The molecule has 0 aliphatic rings. The fraction of sp³-hybridized carbons (Fsp3) is 0.700. The first-order valence-corrected chi connectivity index (χ1v) is 4.92. The van der Waals surface area contributed by atoms with Gasteiger partial charge < -0.3 is 9.88 Å². The first kappa shape index (κ1) is 10.3. The summed E-state index contributed by atoms with van der Waals surface area (Å²) in [5, 5.41) is 3.44. The monoisotopic (exact) mass is 181 g/mol. The molecule has 3 nitrogen and oxygen atoms in total. The van der Waals surface area contributed by atoms with Crippen LogP contribution in [0, 0.1) is 0 Å². The molecule has 0 saturated heterocycles. The van der Waals surface area contributed by atoms with Gasteiger partial charge in [0.15, 0.2) is 0 Å². The molecule has 74 valence electrons. The molecule has 13 heavy (non-hydrogen) atoms. The van der Waals surface area contributed by atoms with Crippen LogP contribution in [-0.2, 0) is 6.54 Å². The third kappa shape index (κ3) is 2.56. The Morgan fingerprint density at radius 3 is 2.69 bits per heavy atom. The minimum absolute atomic E-state index is 0.329. The lowest BCUT2D eigenvalue weighted by molar-refractivity contribution is 0.470. The molecule has 0 aliphatic heterocycles. The summed E-state index contributed by atoms with van der Waals surface area (Å²) in [6.07, 6.45) is 3.88. The van der Waals surface area contributed by atoms with Crippen molar-refractivity contribution < 1.29 is 0 Å². The maximum Gasteiger partial charge on any atom is 0.125 e. The summed E-state index contributed by atoms with van der Waals surface area (Å²) in [6.45, 7) is 9.56. The van der Waals surface area contributed by atoms with Gasteiger partial charge >= 0.3 is 0 Å². The van der Waals surface area contributed by atoms with E-state index < -0.39 is 0 Å². The van der Waals surface area contributed by atoms with Gasteiger partial charge in [0.1, 0.15) is 5.82 Å². The van der Waals surface area contributed by atoms with Crippen LogP contribution in [0.15, 0.2) is 12.4 Å². The van der Waals surface area contributed by atoms with E-state index in [9.17, 15) is 0 Å². The molecule has 0 amide bonds. The van der Waals surface area contributed by atoms with Crippen LogP contribution in [0.5, 0.6) is 0 Å². The number of rotatable bonds is 4. The van der Waals surface area contributed by atoms with Crippen molar-refractivity contribution in [3.05, 3.63) is 18.2 Å². The van der Waals surface area contributed by atoms with Crippen LogP contribution in [0.3, 0.4) is 0 Å². The Morgan fingerprint density at radius 1 is 1.46 bits per heavy atom. The molecule has 1 aromatic heterocycles. The molecule has 0 fully saturated rings. The zero-order chi connectivity index (χ0) is 9.84. The average Bonchev–Trinajstić information content (AvgIpc) is 2.49. The van der Waals surface area contributed by atoms with Gasteiger partial charge in [0.05, 0.1) is 6.04 Å². The Balaban J connectivity index is 2.69. The van der Waals surface area contributed by atoms with E-state index in [0.29, 0.717) is 12.1 Å². The van der Waals surface area contributed by atoms with Gasteiger partial charge in [-0.2, -0.15) is 0 Å². The van der Waals surface area contributed by atoms with E-state index in [2.05, 4.69) is 42.6 Å². The van der Waals surface area contributed by atoms with Crippen molar-refractivity contribution in [2.75, 3.05) is 0 Å². The third-order valence-corrected chi connectivity index (χ3v) is 2.06. The quantitative estimate of drug-likeness (QED) is 0.769. The molecule has 3 heteroatoms. The lowest BCUT2D eigenvalue weighted by atomic mass is 10.2. The second-order valence-electron chi connectivity index (χ2n) is 3.61. The van der Waals surface area contributed by atoms with Crippen LogP contribution >= 0.6 is 0 Å². The molecule has 0 aromatic carbocycles. The zero-order valence-electron chi connectivity index (χ0n) is 8.91.